The normalized spacial score (nSPS) is 14.9. The van der Waals surface area contributed by atoms with Crippen LogP contribution in [0.4, 0.5) is 4.79 Å². The maximum absolute atomic E-state index is 12.1. The number of rotatable bonds is 4. The number of urea groups is 1. The number of hydrogen-bond donors (Lipinski definition) is 1. The third kappa shape index (κ3) is 4.40. The maximum Gasteiger partial charge on any atom is 0.317 e. The fourth-order valence-electron chi connectivity index (χ4n) is 4.02. The molecule has 4 rings (SSSR count). The number of carbonyl (C=O) groups is 1. The molecule has 2 heterocycles. The molecule has 156 valence electrons. The molecule has 0 radical (unpaired) electrons. The summed E-state index contributed by atoms with van der Waals surface area (Å²) in [5, 5.41) is 4.12. The summed E-state index contributed by atoms with van der Waals surface area (Å²) in [6.07, 6.45) is 3.68. The number of hydrogen-bond acceptors (Lipinski definition) is 3. The average Bonchev–Trinajstić information content (AvgIpc) is 2.75. The highest BCUT2D eigenvalue weighted by Gasteiger charge is 2.24. The summed E-state index contributed by atoms with van der Waals surface area (Å²) in [5.41, 5.74) is 4.59. The number of nitrogens with zero attached hydrogens (tertiary/aromatic N) is 2. The fraction of sp³-hybridized carbons (Fsp3) is 0.360. The molecule has 0 aliphatic carbocycles. The summed E-state index contributed by atoms with van der Waals surface area (Å²) in [4.78, 5) is 18.5. The summed E-state index contributed by atoms with van der Waals surface area (Å²) in [6.45, 7) is 7.54. The molecular formula is C25H29N3O2. The largest absolute Gasteiger partial charge is 0.490 e. The molecule has 2 amide bonds. The second-order valence-corrected chi connectivity index (χ2v) is 8.25. The van der Waals surface area contributed by atoms with Crippen LogP contribution in [0.1, 0.15) is 32.3 Å². The molecule has 1 aliphatic heterocycles. The molecule has 5 nitrogen and oxygen atoms in total. The average molecular weight is 404 g/mol. The van der Waals surface area contributed by atoms with Crippen LogP contribution in [0.15, 0.2) is 54.7 Å². The minimum Gasteiger partial charge on any atom is -0.490 e. The number of carbonyl (C=O) groups excluding carboxylic acids is 1. The van der Waals surface area contributed by atoms with Crippen molar-refractivity contribution >= 4 is 16.9 Å². The first-order chi connectivity index (χ1) is 14.5. The predicted octanol–water partition coefficient (Wildman–Crippen LogP) is 5.17. The van der Waals surface area contributed by atoms with Crippen molar-refractivity contribution in [2.24, 2.45) is 0 Å². The lowest BCUT2D eigenvalue weighted by Gasteiger charge is -2.32. The van der Waals surface area contributed by atoms with Gasteiger partial charge in [-0.15, -0.1) is 0 Å². The van der Waals surface area contributed by atoms with Crippen LogP contribution in [0.2, 0.25) is 0 Å². The predicted molar refractivity (Wildman–Crippen MR) is 121 cm³/mol. The molecule has 1 N–H and O–H groups in total. The van der Waals surface area contributed by atoms with E-state index in [1.54, 1.807) is 0 Å². The Balaban J connectivity index is 1.39. The number of pyridine rings is 1. The van der Waals surface area contributed by atoms with E-state index >= 15 is 0 Å². The van der Waals surface area contributed by atoms with Gasteiger partial charge in [-0.1, -0.05) is 30.3 Å². The van der Waals surface area contributed by atoms with Crippen molar-refractivity contribution in [3.05, 3.63) is 60.3 Å². The van der Waals surface area contributed by atoms with Crippen LogP contribution in [-0.2, 0) is 0 Å². The van der Waals surface area contributed by atoms with E-state index in [0.29, 0.717) is 0 Å². The van der Waals surface area contributed by atoms with Crippen LogP contribution < -0.4 is 10.1 Å². The number of amides is 2. The SMILES string of the molecule is Cc1c(-c2ccc(OC3CCN(C(=O)NC(C)C)CC3)cc2)ccc2cccnc12. The lowest BCUT2D eigenvalue weighted by atomic mass is 9.98. The molecule has 0 atom stereocenters. The Morgan fingerprint density at radius 1 is 1.10 bits per heavy atom. The van der Waals surface area contributed by atoms with Crippen molar-refractivity contribution in [3.8, 4) is 16.9 Å². The van der Waals surface area contributed by atoms with E-state index < -0.39 is 0 Å². The summed E-state index contributed by atoms with van der Waals surface area (Å²) in [6, 6.07) is 16.8. The van der Waals surface area contributed by atoms with Gasteiger partial charge >= 0.3 is 6.03 Å². The number of aromatic nitrogens is 1. The van der Waals surface area contributed by atoms with Gasteiger partial charge < -0.3 is 15.0 Å². The molecule has 30 heavy (non-hydrogen) atoms. The lowest BCUT2D eigenvalue weighted by Crippen LogP contribution is -2.48. The van der Waals surface area contributed by atoms with Gasteiger partial charge in [-0.05, 0) is 55.7 Å². The standard InChI is InChI=1S/C25H29N3O2/c1-17(2)27-25(29)28-15-12-22(13-16-28)30-21-9-6-19(7-10-21)23-11-8-20-5-4-14-26-24(20)18(23)3/h4-11,14,17,22H,12-13,15-16H2,1-3H3,(H,27,29). The van der Waals surface area contributed by atoms with Crippen molar-refractivity contribution in [1.29, 1.82) is 0 Å². The zero-order chi connectivity index (χ0) is 21.1. The van der Waals surface area contributed by atoms with E-state index in [2.05, 4.69) is 47.6 Å². The molecule has 0 spiro atoms. The zero-order valence-electron chi connectivity index (χ0n) is 17.9. The lowest BCUT2D eigenvalue weighted by molar-refractivity contribution is 0.110. The number of benzene rings is 2. The van der Waals surface area contributed by atoms with Crippen molar-refractivity contribution in [3.63, 3.8) is 0 Å². The van der Waals surface area contributed by atoms with Crippen molar-refractivity contribution < 1.29 is 9.53 Å². The van der Waals surface area contributed by atoms with Crippen LogP contribution in [0.3, 0.4) is 0 Å². The highest BCUT2D eigenvalue weighted by Crippen LogP contribution is 2.30. The number of ether oxygens (including phenoxy) is 1. The number of aryl methyl sites for hydroxylation is 1. The summed E-state index contributed by atoms with van der Waals surface area (Å²) in [5.74, 6) is 0.875. The third-order valence-corrected chi connectivity index (χ3v) is 5.64. The minimum atomic E-state index is 0.0213. The maximum atomic E-state index is 12.1. The fourth-order valence-corrected chi connectivity index (χ4v) is 4.02. The van der Waals surface area contributed by atoms with Gasteiger partial charge in [0.2, 0.25) is 0 Å². The van der Waals surface area contributed by atoms with Gasteiger partial charge in [0.25, 0.3) is 0 Å². The Morgan fingerprint density at radius 2 is 1.83 bits per heavy atom. The Morgan fingerprint density at radius 3 is 2.53 bits per heavy atom. The first kappa shape index (κ1) is 20.2. The van der Waals surface area contributed by atoms with Crippen molar-refractivity contribution in [2.75, 3.05) is 13.1 Å². The monoisotopic (exact) mass is 403 g/mol. The van der Waals surface area contributed by atoms with E-state index in [0.717, 1.165) is 48.1 Å². The van der Waals surface area contributed by atoms with Gasteiger partial charge in [-0.25, -0.2) is 4.79 Å². The topological polar surface area (TPSA) is 54.5 Å². The Bertz CT molecular complexity index is 1020. The second kappa shape index (κ2) is 8.74. The Kier molecular flexibility index (Phi) is 5.88. The number of nitrogens with one attached hydrogen (secondary N) is 1. The van der Waals surface area contributed by atoms with Gasteiger partial charge in [-0.3, -0.25) is 4.98 Å². The third-order valence-electron chi connectivity index (χ3n) is 5.64. The van der Waals surface area contributed by atoms with Gasteiger partial charge in [0, 0.05) is 43.6 Å². The number of fused-ring (bicyclic) bond motifs is 1. The molecular weight excluding hydrogens is 374 g/mol. The molecule has 1 aromatic heterocycles. The highest BCUT2D eigenvalue weighted by molar-refractivity contribution is 5.88. The quantitative estimate of drug-likeness (QED) is 0.654. The van der Waals surface area contributed by atoms with Crippen LogP contribution >= 0.6 is 0 Å². The molecule has 0 bridgehead atoms. The smallest absolute Gasteiger partial charge is 0.317 e. The second-order valence-electron chi connectivity index (χ2n) is 8.25. The number of likely N-dealkylation sites (tertiary alicyclic amines) is 1. The Labute approximate surface area is 178 Å². The van der Waals surface area contributed by atoms with Gasteiger partial charge in [0.15, 0.2) is 0 Å². The zero-order valence-corrected chi connectivity index (χ0v) is 17.9. The highest BCUT2D eigenvalue weighted by atomic mass is 16.5. The first-order valence-electron chi connectivity index (χ1n) is 10.7. The molecule has 3 aromatic rings. The van der Waals surface area contributed by atoms with Crippen molar-refractivity contribution in [2.45, 2.75) is 45.8 Å². The van der Waals surface area contributed by atoms with Crippen LogP contribution in [0.25, 0.3) is 22.0 Å². The van der Waals surface area contributed by atoms with Gasteiger partial charge in [0.05, 0.1) is 5.52 Å². The first-order valence-corrected chi connectivity index (χ1v) is 10.7. The molecule has 1 fully saturated rings. The minimum absolute atomic E-state index is 0.0213. The summed E-state index contributed by atoms with van der Waals surface area (Å²) < 4.78 is 6.19. The van der Waals surface area contributed by atoms with E-state index in [-0.39, 0.29) is 18.2 Å². The molecule has 1 saturated heterocycles. The summed E-state index contributed by atoms with van der Waals surface area (Å²) in [7, 11) is 0. The van der Waals surface area contributed by atoms with Gasteiger partial charge in [-0.2, -0.15) is 0 Å². The van der Waals surface area contributed by atoms with E-state index in [1.807, 2.05) is 43.1 Å². The van der Waals surface area contributed by atoms with E-state index in [4.69, 9.17) is 4.74 Å². The number of piperidine rings is 1. The van der Waals surface area contributed by atoms with Crippen LogP contribution in [0.5, 0.6) is 5.75 Å². The van der Waals surface area contributed by atoms with Crippen LogP contribution in [-0.4, -0.2) is 41.2 Å². The molecule has 1 aliphatic rings. The molecule has 2 aromatic carbocycles. The van der Waals surface area contributed by atoms with Crippen LogP contribution in [0, 0.1) is 6.92 Å². The molecule has 0 unspecified atom stereocenters. The Hall–Kier alpha value is -3.08. The van der Waals surface area contributed by atoms with E-state index in [1.165, 1.54) is 11.1 Å². The van der Waals surface area contributed by atoms with E-state index in [9.17, 15) is 4.79 Å². The summed E-state index contributed by atoms with van der Waals surface area (Å²) >= 11 is 0. The van der Waals surface area contributed by atoms with Gasteiger partial charge in [0.1, 0.15) is 11.9 Å². The molecule has 0 saturated carbocycles. The molecule has 5 heteroatoms. The van der Waals surface area contributed by atoms with Crippen molar-refractivity contribution in [1.82, 2.24) is 15.2 Å².